The third kappa shape index (κ3) is 5.64. The van der Waals surface area contributed by atoms with E-state index in [4.69, 9.17) is 23.2 Å². The molecule has 0 saturated carbocycles. The Balaban J connectivity index is 1.20. The number of aromatic nitrogens is 1. The highest BCUT2D eigenvalue weighted by Gasteiger charge is 2.21. The number of rotatable bonds is 6. The van der Waals surface area contributed by atoms with Crippen molar-refractivity contribution < 1.29 is 4.79 Å². The lowest BCUT2D eigenvalue weighted by molar-refractivity contribution is -0.119. The van der Waals surface area contributed by atoms with Crippen molar-refractivity contribution in [3.05, 3.63) is 58.1 Å². The minimum Gasteiger partial charge on any atom is -0.353 e. The molecule has 152 valence electrons. The molecule has 4 rings (SSSR count). The molecule has 1 N–H and O–H groups in total. The van der Waals surface area contributed by atoms with Gasteiger partial charge in [-0.15, -0.1) is 11.3 Å². The van der Waals surface area contributed by atoms with Gasteiger partial charge in [-0.2, -0.15) is 0 Å². The number of benzene rings is 2. The molecule has 1 fully saturated rings. The van der Waals surface area contributed by atoms with Gasteiger partial charge in [0.05, 0.1) is 26.0 Å². The number of hydrogen-bond acceptors (Lipinski definition) is 5. The first-order valence-corrected chi connectivity index (χ1v) is 12.1. The first kappa shape index (κ1) is 20.9. The number of hydrogen-bond donors (Lipinski definition) is 1. The second-order valence-electron chi connectivity index (χ2n) is 7.10. The van der Waals surface area contributed by atoms with Crippen LogP contribution in [0.1, 0.15) is 18.4 Å². The van der Waals surface area contributed by atoms with Crippen LogP contribution in [0.3, 0.4) is 0 Å². The van der Waals surface area contributed by atoms with Gasteiger partial charge in [0.25, 0.3) is 0 Å². The first-order valence-electron chi connectivity index (χ1n) is 9.51. The fourth-order valence-corrected chi connectivity index (χ4v) is 5.64. The number of likely N-dealkylation sites (tertiary alicyclic amines) is 1. The molecule has 4 nitrogen and oxygen atoms in total. The Hall–Kier alpha value is -1.31. The zero-order valence-electron chi connectivity index (χ0n) is 15.7. The molecule has 1 saturated heterocycles. The fraction of sp³-hybridized carbons (Fsp3) is 0.333. The second-order valence-corrected chi connectivity index (χ2v) is 10.2. The van der Waals surface area contributed by atoms with Crippen molar-refractivity contribution in [2.45, 2.75) is 29.8 Å². The molecule has 0 bridgehead atoms. The molecule has 29 heavy (non-hydrogen) atoms. The predicted molar refractivity (Wildman–Crippen MR) is 123 cm³/mol. The molecular formula is C21H21Cl2N3OS2. The number of nitrogens with zero attached hydrogens (tertiary/aromatic N) is 2. The number of thioether (sulfide) groups is 1. The van der Waals surface area contributed by atoms with E-state index in [0.717, 1.165) is 52.6 Å². The molecular weight excluding hydrogens is 445 g/mol. The molecule has 1 amide bonds. The molecule has 0 unspecified atom stereocenters. The first-order chi connectivity index (χ1) is 14.1. The van der Waals surface area contributed by atoms with Crippen molar-refractivity contribution in [2.75, 3.05) is 18.8 Å². The molecule has 0 radical (unpaired) electrons. The van der Waals surface area contributed by atoms with Crippen molar-refractivity contribution in [3.63, 3.8) is 0 Å². The Bertz CT molecular complexity index is 970. The summed E-state index contributed by atoms with van der Waals surface area (Å²) in [6, 6.07) is 14.1. The number of nitrogens with one attached hydrogen (secondary N) is 1. The van der Waals surface area contributed by atoms with E-state index in [-0.39, 0.29) is 11.9 Å². The smallest absolute Gasteiger partial charge is 0.230 e. The van der Waals surface area contributed by atoms with Gasteiger partial charge in [-0.3, -0.25) is 9.69 Å². The topological polar surface area (TPSA) is 45.2 Å². The second kappa shape index (κ2) is 9.67. The van der Waals surface area contributed by atoms with Crippen LogP contribution in [-0.4, -0.2) is 40.7 Å². The summed E-state index contributed by atoms with van der Waals surface area (Å²) in [6.45, 7) is 2.76. The number of carbonyl (C=O) groups excluding carboxylic acids is 1. The van der Waals surface area contributed by atoms with Gasteiger partial charge in [0.2, 0.25) is 5.91 Å². The maximum atomic E-state index is 12.3. The lowest BCUT2D eigenvalue weighted by atomic mass is 10.0. The van der Waals surface area contributed by atoms with E-state index >= 15 is 0 Å². The SMILES string of the molecule is O=C(CSc1nc2ccccc2s1)NC1CCN(Cc2ccc(Cl)c(Cl)c2)CC1. The van der Waals surface area contributed by atoms with E-state index in [1.165, 1.54) is 11.8 Å². The summed E-state index contributed by atoms with van der Waals surface area (Å²) in [5, 5.41) is 4.35. The number of fused-ring (bicyclic) bond motifs is 1. The Labute approximate surface area is 188 Å². The normalized spacial score (nSPS) is 15.7. The van der Waals surface area contributed by atoms with Crippen LogP contribution in [0.2, 0.25) is 10.0 Å². The third-order valence-electron chi connectivity index (χ3n) is 4.94. The van der Waals surface area contributed by atoms with Crippen molar-refractivity contribution in [3.8, 4) is 0 Å². The summed E-state index contributed by atoms with van der Waals surface area (Å²) in [7, 11) is 0. The van der Waals surface area contributed by atoms with Crippen LogP contribution >= 0.6 is 46.3 Å². The summed E-state index contributed by atoms with van der Waals surface area (Å²) < 4.78 is 2.10. The highest BCUT2D eigenvalue weighted by molar-refractivity contribution is 8.01. The van der Waals surface area contributed by atoms with Gasteiger partial charge in [0.15, 0.2) is 4.34 Å². The summed E-state index contributed by atoms with van der Waals surface area (Å²) in [5.41, 5.74) is 2.16. The van der Waals surface area contributed by atoms with Crippen molar-refractivity contribution in [1.82, 2.24) is 15.2 Å². The van der Waals surface area contributed by atoms with Crippen LogP contribution in [0.5, 0.6) is 0 Å². The fourth-order valence-electron chi connectivity index (χ4n) is 3.44. The lowest BCUT2D eigenvalue weighted by Crippen LogP contribution is -2.44. The van der Waals surface area contributed by atoms with E-state index < -0.39 is 0 Å². The Morgan fingerprint density at radius 1 is 1.17 bits per heavy atom. The average Bonchev–Trinajstić information content (AvgIpc) is 3.14. The monoisotopic (exact) mass is 465 g/mol. The molecule has 8 heteroatoms. The number of amides is 1. The van der Waals surface area contributed by atoms with E-state index in [0.29, 0.717) is 15.8 Å². The zero-order chi connectivity index (χ0) is 20.2. The van der Waals surface area contributed by atoms with Crippen LogP contribution in [0.15, 0.2) is 46.8 Å². The number of carbonyl (C=O) groups is 1. The molecule has 1 aliphatic rings. The maximum Gasteiger partial charge on any atom is 0.230 e. The van der Waals surface area contributed by atoms with Crippen molar-refractivity contribution in [2.24, 2.45) is 0 Å². The van der Waals surface area contributed by atoms with Gasteiger partial charge < -0.3 is 5.32 Å². The van der Waals surface area contributed by atoms with E-state index in [1.807, 2.05) is 36.4 Å². The minimum absolute atomic E-state index is 0.0807. The Morgan fingerprint density at radius 2 is 1.97 bits per heavy atom. The largest absolute Gasteiger partial charge is 0.353 e. The van der Waals surface area contributed by atoms with Crippen LogP contribution in [-0.2, 0) is 11.3 Å². The predicted octanol–water partition coefficient (Wildman–Crippen LogP) is 5.48. The van der Waals surface area contributed by atoms with Crippen LogP contribution in [0.4, 0.5) is 0 Å². The quantitative estimate of drug-likeness (QED) is 0.489. The van der Waals surface area contributed by atoms with Gasteiger partial charge in [-0.1, -0.05) is 53.2 Å². The molecule has 2 heterocycles. The van der Waals surface area contributed by atoms with Crippen LogP contribution in [0.25, 0.3) is 10.2 Å². The molecule has 0 atom stereocenters. The highest BCUT2D eigenvalue weighted by atomic mass is 35.5. The number of para-hydroxylation sites is 1. The van der Waals surface area contributed by atoms with Gasteiger partial charge in [0, 0.05) is 25.7 Å². The van der Waals surface area contributed by atoms with Gasteiger partial charge >= 0.3 is 0 Å². The number of piperidine rings is 1. The standard InChI is InChI=1S/C21H21Cl2N3OS2/c22-16-6-5-14(11-17(16)23)12-26-9-7-15(8-10-26)24-20(27)13-28-21-25-18-3-1-2-4-19(18)29-21/h1-6,11,15H,7-10,12-13H2,(H,24,27). The minimum atomic E-state index is 0.0807. The molecule has 2 aromatic carbocycles. The van der Waals surface area contributed by atoms with Crippen molar-refractivity contribution >= 4 is 62.4 Å². The molecule has 0 spiro atoms. The molecule has 1 aromatic heterocycles. The van der Waals surface area contributed by atoms with Crippen LogP contribution in [0, 0.1) is 0 Å². The van der Waals surface area contributed by atoms with E-state index in [2.05, 4.69) is 21.3 Å². The Kier molecular flexibility index (Phi) is 6.98. The summed E-state index contributed by atoms with van der Waals surface area (Å²) in [5.74, 6) is 0.487. The van der Waals surface area contributed by atoms with E-state index in [1.54, 1.807) is 11.3 Å². The maximum absolute atomic E-state index is 12.3. The van der Waals surface area contributed by atoms with E-state index in [9.17, 15) is 4.79 Å². The average molecular weight is 466 g/mol. The molecule has 3 aromatic rings. The zero-order valence-corrected chi connectivity index (χ0v) is 18.9. The molecule has 1 aliphatic heterocycles. The van der Waals surface area contributed by atoms with Gasteiger partial charge in [0.1, 0.15) is 0 Å². The third-order valence-corrected chi connectivity index (χ3v) is 7.86. The Morgan fingerprint density at radius 3 is 2.72 bits per heavy atom. The number of halogens is 2. The highest BCUT2D eigenvalue weighted by Crippen LogP contribution is 2.29. The van der Waals surface area contributed by atoms with Gasteiger partial charge in [-0.25, -0.2) is 4.98 Å². The van der Waals surface area contributed by atoms with Gasteiger partial charge in [-0.05, 0) is 42.7 Å². The lowest BCUT2D eigenvalue weighted by Gasteiger charge is -2.32. The summed E-state index contributed by atoms with van der Waals surface area (Å²) >= 11 is 15.2. The van der Waals surface area contributed by atoms with Crippen molar-refractivity contribution in [1.29, 1.82) is 0 Å². The summed E-state index contributed by atoms with van der Waals surface area (Å²) in [6.07, 6.45) is 1.91. The van der Waals surface area contributed by atoms with Crippen LogP contribution < -0.4 is 5.32 Å². The summed E-state index contributed by atoms with van der Waals surface area (Å²) in [4.78, 5) is 19.3. The number of thiazole rings is 1. The molecule has 0 aliphatic carbocycles.